The summed E-state index contributed by atoms with van der Waals surface area (Å²) in [6.07, 6.45) is 4.82. The molecule has 0 radical (unpaired) electrons. The van der Waals surface area contributed by atoms with Gasteiger partial charge in [0.1, 0.15) is 0 Å². The molecule has 3 nitrogen and oxygen atoms in total. The SMILES string of the molecule is CC(N)c1ccc2c(c1)CCN2Cc1ccncc1. The Morgan fingerprint density at radius 2 is 2.05 bits per heavy atom. The van der Waals surface area contributed by atoms with E-state index in [1.54, 1.807) is 0 Å². The predicted molar refractivity (Wildman–Crippen MR) is 78.0 cm³/mol. The molecule has 19 heavy (non-hydrogen) atoms. The van der Waals surface area contributed by atoms with Crippen molar-refractivity contribution >= 4 is 5.69 Å². The molecule has 0 fully saturated rings. The Bertz CT molecular complexity index is 563. The first-order valence-electron chi connectivity index (χ1n) is 6.76. The van der Waals surface area contributed by atoms with E-state index in [0.717, 1.165) is 19.5 Å². The first-order chi connectivity index (χ1) is 9.24. The highest BCUT2D eigenvalue weighted by Gasteiger charge is 2.19. The first-order valence-corrected chi connectivity index (χ1v) is 6.76. The zero-order chi connectivity index (χ0) is 13.2. The van der Waals surface area contributed by atoms with Gasteiger partial charge >= 0.3 is 0 Å². The lowest BCUT2D eigenvalue weighted by Crippen LogP contribution is -2.19. The maximum atomic E-state index is 5.95. The van der Waals surface area contributed by atoms with Crippen LogP contribution in [-0.4, -0.2) is 11.5 Å². The third-order valence-electron chi connectivity index (χ3n) is 3.74. The molecule has 0 bridgehead atoms. The third-order valence-corrected chi connectivity index (χ3v) is 3.74. The lowest BCUT2D eigenvalue weighted by atomic mass is 10.0. The molecular formula is C16H19N3. The summed E-state index contributed by atoms with van der Waals surface area (Å²) in [5.41, 5.74) is 11.2. The molecule has 1 atom stereocenters. The minimum Gasteiger partial charge on any atom is -0.367 e. The first kappa shape index (κ1) is 12.2. The molecule has 0 amide bonds. The molecule has 2 heterocycles. The summed E-state index contributed by atoms with van der Waals surface area (Å²) >= 11 is 0. The molecule has 1 aromatic heterocycles. The van der Waals surface area contributed by atoms with Gasteiger partial charge in [0, 0.05) is 37.2 Å². The molecule has 1 aromatic carbocycles. The van der Waals surface area contributed by atoms with Gasteiger partial charge in [0.15, 0.2) is 0 Å². The van der Waals surface area contributed by atoms with Crippen molar-refractivity contribution in [3.8, 4) is 0 Å². The number of anilines is 1. The fourth-order valence-corrected chi connectivity index (χ4v) is 2.65. The molecule has 0 saturated heterocycles. The average Bonchev–Trinajstić information content (AvgIpc) is 2.82. The molecule has 0 aliphatic carbocycles. The molecule has 2 aromatic rings. The summed E-state index contributed by atoms with van der Waals surface area (Å²) in [6.45, 7) is 4.07. The Morgan fingerprint density at radius 1 is 1.26 bits per heavy atom. The second-order valence-corrected chi connectivity index (χ2v) is 5.20. The lowest BCUT2D eigenvalue weighted by Gasteiger charge is -2.20. The standard InChI is InChI=1S/C16H19N3/c1-12(17)14-2-3-16-15(10-14)6-9-19(16)11-13-4-7-18-8-5-13/h2-5,7-8,10,12H,6,9,11,17H2,1H3. The van der Waals surface area contributed by atoms with Crippen LogP contribution >= 0.6 is 0 Å². The Hall–Kier alpha value is -1.87. The number of fused-ring (bicyclic) bond motifs is 1. The van der Waals surface area contributed by atoms with Gasteiger partial charge in [-0.25, -0.2) is 0 Å². The number of hydrogen-bond acceptors (Lipinski definition) is 3. The van der Waals surface area contributed by atoms with E-state index < -0.39 is 0 Å². The zero-order valence-electron chi connectivity index (χ0n) is 11.2. The Balaban J connectivity index is 1.83. The van der Waals surface area contributed by atoms with Crippen molar-refractivity contribution in [2.45, 2.75) is 25.9 Å². The average molecular weight is 253 g/mol. The number of benzene rings is 1. The molecule has 98 valence electrons. The highest BCUT2D eigenvalue weighted by molar-refractivity contribution is 5.59. The monoisotopic (exact) mass is 253 g/mol. The number of hydrogen-bond donors (Lipinski definition) is 1. The van der Waals surface area contributed by atoms with Gasteiger partial charge in [-0.1, -0.05) is 12.1 Å². The fourth-order valence-electron chi connectivity index (χ4n) is 2.65. The second kappa shape index (κ2) is 5.02. The molecule has 0 saturated carbocycles. The van der Waals surface area contributed by atoms with Crippen LogP contribution in [0.15, 0.2) is 42.7 Å². The van der Waals surface area contributed by atoms with E-state index in [2.05, 4.69) is 40.2 Å². The summed E-state index contributed by atoms with van der Waals surface area (Å²) in [4.78, 5) is 6.49. The summed E-state index contributed by atoms with van der Waals surface area (Å²) < 4.78 is 0. The van der Waals surface area contributed by atoms with Gasteiger partial charge in [-0.3, -0.25) is 4.98 Å². The van der Waals surface area contributed by atoms with Crippen LogP contribution in [0.1, 0.15) is 29.7 Å². The van der Waals surface area contributed by atoms with E-state index in [1.807, 2.05) is 19.3 Å². The number of nitrogens with two attached hydrogens (primary N) is 1. The predicted octanol–water partition coefficient (Wildman–Crippen LogP) is 2.66. The number of nitrogens with zero attached hydrogens (tertiary/aromatic N) is 2. The largest absolute Gasteiger partial charge is 0.367 e. The third kappa shape index (κ3) is 2.47. The molecule has 1 unspecified atom stereocenters. The van der Waals surface area contributed by atoms with Gasteiger partial charge in [-0.05, 0) is 48.2 Å². The van der Waals surface area contributed by atoms with E-state index in [9.17, 15) is 0 Å². The summed E-state index contributed by atoms with van der Waals surface area (Å²) in [5.74, 6) is 0. The van der Waals surface area contributed by atoms with Crippen LogP contribution in [0.25, 0.3) is 0 Å². The normalized spacial score (nSPS) is 15.4. The topological polar surface area (TPSA) is 42.1 Å². The van der Waals surface area contributed by atoms with Crippen LogP contribution in [0.5, 0.6) is 0 Å². The summed E-state index contributed by atoms with van der Waals surface area (Å²) in [5, 5.41) is 0. The number of pyridine rings is 1. The van der Waals surface area contributed by atoms with Gasteiger partial charge in [0.05, 0.1) is 0 Å². The minimum absolute atomic E-state index is 0.111. The second-order valence-electron chi connectivity index (χ2n) is 5.20. The van der Waals surface area contributed by atoms with E-state index >= 15 is 0 Å². The van der Waals surface area contributed by atoms with E-state index in [0.29, 0.717) is 0 Å². The zero-order valence-corrected chi connectivity index (χ0v) is 11.2. The quantitative estimate of drug-likeness (QED) is 0.914. The van der Waals surface area contributed by atoms with Crippen LogP contribution in [0.3, 0.4) is 0 Å². The van der Waals surface area contributed by atoms with Crippen LogP contribution in [-0.2, 0) is 13.0 Å². The minimum atomic E-state index is 0.111. The van der Waals surface area contributed by atoms with E-state index in [1.165, 1.54) is 22.4 Å². The highest BCUT2D eigenvalue weighted by Crippen LogP contribution is 2.31. The number of rotatable bonds is 3. The van der Waals surface area contributed by atoms with Crippen LogP contribution in [0.2, 0.25) is 0 Å². The number of aromatic nitrogens is 1. The summed E-state index contributed by atoms with van der Waals surface area (Å²) in [7, 11) is 0. The van der Waals surface area contributed by atoms with Crippen LogP contribution in [0, 0.1) is 0 Å². The van der Waals surface area contributed by atoms with Gasteiger partial charge in [-0.15, -0.1) is 0 Å². The van der Waals surface area contributed by atoms with Gasteiger partial charge in [0.2, 0.25) is 0 Å². The Morgan fingerprint density at radius 3 is 2.79 bits per heavy atom. The van der Waals surface area contributed by atoms with Gasteiger partial charge in [-0.2, -0.15) is 0 Å². The van der Waals surface area contributed by atoms with E-state index in [4.69, 9.17) is 5.73 Å². The highest BCUT2D eigenvalue weighted by atomic mass is 15.1. The van der Waals surface area contributed by atoms with Crippen molar-refractivity contribution in [2.75, 3.05) is 11.4 Å². The molecule has 3 rings (SSSR count). The van der Waals surface area contributed by atoms with Crippen molar-refractivity contribution in [2.24, 2.45) is 5.73 Å². The van der Waals surface area contributed by atoms with Crippen LogP contribution < -0.4 is 10.6 Å². The van der Waals surface area contributed by atoms with Gasteiger partial charge < -0.3 is 10.6 Å². The Labute approximate surface area is 114 Å². The summed E-state index contributed by atoms with van der Waals surface area (Å²) in [6, 6.07) is 10.9. The van der Waals surface area contributed by atoms with E-state index in [-0.39, 0.29) is 6.04 Å². The maximum Gasteiger partial charge on any atom is 0.0430 e. The van der Waals surface area contributed by atoms with Crippen molar-refractivity contribution in [1.29, 1.82) is 0 Å². The molecule has 2 N–H and O–H groups in total. The van der Waals surface area contributed by atoms with Crippen molar-refractivity contribution in [3.63, 3.8) is 0 Å². The van der Waals surface area contributed by atoms with Crippen LogP contribution in [0.4, 0.5) is 5.69 Å². The Kier molecular flexibility index (Phi) is 3.22. The van der Waals surface area contributed by atoms with Gasteiger partial charge in [0.25, 0.3) is 0 Å². The smallest absolute Gasteiger partial charge is 0.0430 e. The molecular weight excluding hydrogens is 234 g/mol. The van der Waals surface area contributed by atoms with Crippen molar-refractivity contribution in [1.82, 2.24) is 4.98 Å². The molecule has 0 spiro atoms. The lowest BCUT2D eigenvalue weighted by molar-refractivity contribution is 0.816. The molecule has 3 heteroatoms. The maximum absolute atomic E-state index is 5.95. The molecule has 1 aliphatic rings. The fraction of sp³-hybridized carbons (Fsp3) is 0.312. The van der Waals surface area contributed by atoms with Crippen molar-refractivity contribution < 1.29 is 0 Å². The van der Waals surface area contributed by atoms with Crippen molar-refractivity contribution in [3.05, 3.63) is 59.4 Å². The molecule has 1 aliphatic heterocycles.